The zero-order valence-corrected chi connectivity index (χ0v) is 81.1. The third kappa shape index (κ3) is 18.2. The van der Waals surface area contributed by atoms with Gasteiger partial charge in [0, 0.05) is 56.8 Å². The lowest BCUT2D eigenvalue weighted by Crippen LogP contribution is -2.43. The van der Waals surface area contributed by atoms with Crippen molar-refractivity contribution in [3.8, 4) is 69.0 Å². The SMILES string of the molecule is Cc1cc(C2(c3cc(C)c(O)c(C(c4ccc(O)c(C(C)C)c4)c4ccc(O)c(C(C)C)c4)c3)CCC(C(C)(C)C3CCC(c4cc(C)c(O)c(C(c5ccc(O)c(C(C)C)c5)c5ccc(O)c(C(C)C)c5)c4)(c4cc(C)c(O)c(C(c5ccc(O)c(C(C)C)c5)c5ccc(O)c(C(C)C)c5)c4)CC3)CC2)cc(C(c2ccc(O)c(C(C)C)c2)c2ccc(O)c(C(C)C)c2)c1O. The quantitative estimate of drug-likeness (QED) is 0.0227. The van der Waals surface area contributed by atoms with E-state index >= 15 is 0 Å². The maximum atomic E-state index is 13.2. The van der Waals surface area contributed by atoms with Crippen molar-refractivity contribution in [1.29, 1.82) is 0 Å². The Morgan fingerprint density at radius 2 is 0.359 bits per heavy atom. The third-order valence-electron chi connectivity index (χ3n) is 30.6. The van der Waals surface area contributed by atoms with E-state index in [4.69, 9.17) is 0 Å². The summed E-state index contributed by atoms with van der Waals surface area (Å²) >= 11 is 0. The van der Waals surface area contributed by atoms with Crippen LogP contribution in [0.5, 0.6) is 69.0 Å². The predicted molar refractivity (Wildman–Crippen MR) is 532 cm³/mol. The first-order valence-corrected chi connectivity index (χ1v) is 47.8. The van der Waals surface area contributed by atoms with Crippen LogP contribution in [-0.2, 0) is 10.8 Å². The molecule has 2 fully saturated rings. The van der Waals surface area contributed by atoms with Crippen LogP contribution in [0.1, 0.15) is 403 Å². The largest absolute Gasteiger partial charge is 0.508 e. The summed E-state index contributed by atoms with van der Waals surface area (Å²) < 4.78 is 0. The lowest BCUT2D eigenvalue weighted by atomic mass is 9.52. The highest BCUT2D eigenvalue weighted by Crippen LogP contribution is 2.61. The number of phenolic OH excluding ortho intramolecular Hbond substituents is 12. The van der Waals surface area contributed by atoms with Gasteiger partial charge in [-0.2, -0.15) is 0 Å². The Labute approximate surface area is 778 Å². The van der Waals surface area contributed by atoms with E-state index in [0.29, 0.717) is 70.2 Å². The van der Waals surface area contributed by atoms with Crippen LogP contribution in [0.15, 0.2) is 194 Å². The number of aromatic hydroxyl groups is 12. The summed E-state index contributed by atoms with van der Waals surface area (Å²) in [6, 6.07) is 63.8. The monoisotopic (exact) mass is 1760 g/mol. The second-order valence-electron chi connectivity index (χ2n) is 42.0. The van der Waals surface area contributed by atoms with Gasteiger partial charge in [-0.25, -0.2) is 0 Å². The second kappa shape index (κ2) is 37.5. The van der Waals surface area contributed by atoms with Gasteiger partial charge in [-0.15, -0.1) is 0 Å². The van der Waals surface area contributed by atoms with Crippen LogP contribution >= 0.6 is 0 Å². The summed E-state index contributed by atoms with van der Waals surface area (Å²) in [5.41, 5.74) is 20.8. The van der Waals surface area contributed by atoms with E-state index < -0.39 is 34.5 Å². The molecular formula is C119H140O12. The average Bonchev–Trinajstić information content (AvgIpc) is 0.729. The molecule has 2 aliphatic rings. The van der Waals surface area contributed by atoms with Gasteiger partial charge < -0.3 is 61.3 Å². The van der Waals surface area contributed by atoms with Crippen LogP contribution in [-0.4, -0.2) is 61.3 Å². The molecule has 0 unspecified atom stereocenters. The van der Waals surface area contributed by atoms with E-state index in [1.807, 2.05) is 76.2 Å². The van der Waals surface area contributed by atoms with Crippen molar-refractivity contribution in [1.82, 2.24) is 0 Å². The molecule has 12 N–H and O–H groups in total. The van der Waals surface area contributed by atoms with Gasteiger partial charge in [0.15, 0.2) is 0 Å². The minimum atomic E-state index is -0.769. The Hall–Kier alpha value is -11.8. The molecule has 0 amide bonds. The molecule has 2 saturated carbocycles. The normalized spacial score (nSPS) is 14.7. The molecule has 131 heavy (non-hydrogen) atoms. The fourth-order valence-corrected chi connectivity index (χ4v) is 22.7. The van der Waals surface area contributed by atoms with Gasteiger partial charge in [-0.1, -0.05) is 270 Å². The molecular weight excluding hydrogens is 1620 g/mol. The molecule has 14 rings (SSSR count). The minimum absolute atomic E-state index is 0.0399. The lowest BCUT2D eigenvalue weighted by Gasteiger charge is -2.52. The van der Waals surface area contributed by atoms with Crippen molar-refractivity contribution in [2.24, 2.45) is 17.3 Å². The maximum absolute atomic E-state index is 13.2. The van der Waals surface area contributed by atoms with Gasteiger partial charge in [0.1, 0.15) is 69.0 Å². The summed E-state index contributed by atoms with van der Waals surface area (Å²) in [6.45, 7) is 45.9. The molecule has 688 valence electrons. The molecule has 12 aromatic rings. The second-order valence-corrected chi connectivity index (χ2v) is 42.0. The average molecular weight is 1760 g/mol. The molecule has 0 bridgehead atoms. The molecule has 0 atom stereocenters. The molecule has 0 spiro atoms. The zero-order valence-electron chi connectivity index (χ0n) is 81.1. The molecule has 0 aromatic heterocycles. The Morgan fingerprint density at radius 1 is 0.214 bits per heavy atom. The minimum Gasteiger partial charge on any atom is -0.508 e. The van der Waals surface area contributed by atoms with Gasteiger partial charge in [0.25, 0.3) is 0 Å². The molecule has 0 radical (unpaired) electrons. The van der Waals surface area contributed by atoms with Crippen molar-refractivity contribution >= 4 is 0 Å². The lowest BCUT2D eigenvalue weighted by molar-refractivity contribution is 0.0364. The first kappa shape index (κ1) is 95.3. The van der Waals surface area contributed by atoms with E-state index in [9.17, 15) is 61.3 Å². The topological polar surface area (TPSA) is 243 Å². The first-order chi connectivity index (χ1) is 61.9. The standard InChI is InChI=1S/C119H140O12/c1-63(2)89-51-75(23-31-101(89)120)109(76-24-32-102(121)90(52-76)64(3)4)97-59-85(47-71(17)113(97)128)118(86-48-72(18)114(129)98(60-86)110(77-25-33-103(122)91(53-77)65(5)6)78-26-34-104(123)92(54-78)66(7)8)43-39-83(40-44-118)117(21,22)84-41-45-119(46-42-84,87-49-73(19)115(130)99(61-87)111(79-27-35-105(124)93(55-79)67(9)10)80-28-36-106(125)94(56-80)68(11)12)88-50-74(20)116(131)100(62-88)112(81-29-37-107(126)95(57-81)69(13)14)82-30-38-108(127)96(58-82)70(15)16/h23-38,47-70,83-84,109-112,120-131H,39-46H2,1-22H3. The summed E-state index contributed by atoms with van der Waals surface area (Å²) in [5, 5.41) is 145. The van der Waals surface area contributed by atoms with Crippen LogP contribution in [0.25, 0.3) is 0 Å². The van der Waals surface area contributed by atoms with Gasteiger partial charge in [-0.3, -0.25) is 0 Å². The number of benzene rings is 12. The van der Waals surface area contributed by atoms with Crippen molar-refractivity contribution < 1.29 is 61.3 Å². The zero-order chi connectivity index (χ0) is 95.0. The summed E-state index contributed by atoms with van der Waals surface area (Å²) in [4.78, 5) is 0. The van der Waals surface area contributed by atoms with Gasteiger partial charge >= 0.3 is 0 Å². The van der Waals surface area contributed by atoms with Crippen LogP contribution in [0.3, 0.4) is 0 Å². The predicted octanol–water partition coefficient (Wildman–Crippen LogP) is 29.8. The summed E-state index contributed by atoms with van der Waals surface area (Å²) in [6.07, 6.45) is 5.88. The van der Waals surface area contributed by atoms with E-state index in [1.165, 1.54) is 0 Å². The summed E-state index contributed by atoms with van der Waals surface area (Å²) in [5.74, 6) is -0.234. The van der Waals surface area contributed by atoms with E-state index in [1.54, 1.807) is 48.5 Å². The fraction of sp³-hybridized carbons (Fsp3) is 0.395. The van der Waals surface area contributed by atoms with Gasteiger partial charge in [0.05, 0.1) is 0 Å². The Balaban J connectivity index is 0.951. The highest BCUT2D eigenvalue weighted by Gasteiger charge is 2.50. The number of hydrogen-bond acceptors (Lipinski definition) is 12. The van der Waals surface area contributed by atoms with E-state index in [0.717, 1.165) is 137 Å². The fourth-order valence-electron chi connectivity index (χ4n) is 22.7. The number of rotatable bonds is 26. The van der Waals surface area contributed by atoms with Crippen LogP contribution in [0, 0.1) is 44.9 Å². The third-order valence-corrected chi connectivity index (χ3v) is 30.6. The van der Waals surface area contributed by atoms with Crippen molar-refractivity contribution in [3.05, 3.63) is 350 Å². The van der Waals surface area contributed by atoms with Crippen LogP contribution in [0.4, 0.5) is 0 Å². The molecule has 0 heterocycles. The van der Waals surface area contributed by atoms with E-state index in [2.05, 4.69) is 222 Å². The number of hydrogen-bond donors (Lipinski definition) is 12. The molecule has 12 nitrogen and oxygen atoms in total. The Bertz CT molecular complexity index is 5290. The molecule has 0 saturated heterocycles. The van der Waals surface area contributed by atoms with Crippen molar-refractivity contribution in [2.75, 3.05) is 0 Å². The number of aryl methyl sites for hydroxylation is 4. The summed E-state index contributed by atoms with van der Waals surface area (Å²) in [7, 11) is 0. The first-order valence-electron chi connectivity index (χ1n) is 47.8. The van der Waals surface area contributed by atoms with Crippen molar-refractivity contribution in [2.45, 2.75) is 286 Å². The molecule has 12 aromatic carbocycles. The van der Waals surface area contributed by atoms with Gasteiger partial charge in [0.2, 0.25) is 0 Å². The number of phenols is 12. The maximum Gasteiger partial charge on any atom is 0.122 e. The van der Waals surface area contributed by atoms with E-state index in [-0.39, 0.29) is 134 Å². The van der Waals surface area contributed by atoms with Crippen LogP contribution in [0.2, 0.25) is 0 Å². The molecule has 0 aliphatic heterocycles. The van der Waals surface area contributed by atoms with Crippen molar-refractivity contribution in [3.63, 3.8) is 0 Å². The Morgan fingerprint density at radius 3 is 0.496 bits per heavy atom. The molecule has 12 heteroatoms. The molecule has 2 aliphatic carbocycles. The van der Waals surface area contributed by atoms with Gasteiger partial charge in [-0.05, 0) is 326 Å². The van der Waals surface area contributed by atoms with Crippen LogP contribution < -0.4 is 0 Å². The Kier molecular flexibility index (Phi) is 27.3. The smallest absolute Gasteiger partial charge is 0.122 e. The highest BCUT2D eigenvalue weighted by molar-refractivity contribution is 5.66. The highest BCUT2D eigenvalue weighted by atomic mass is 16.3.